The molecule has 0 radical (unpaired) electrons. The van der Waals surface area contributed by atoms with E-state index >= 15 is 0 Å². The highest BCUT2D eigenvalue weighted by molar-refractivity contribution is 5.76. The Morgan fingerprint density at radius 1 is 1.28 bits per heavy atom. The largest absolute Gasteiger partial charge is 0.481 e. The zero-order valence-electron chi connectivity index (χ0n) is 9.58. The molecule has 18 heavy (non-hydrogen) atoms. The Labute approximate surface area is 104 Å². The quantitative estimate of drug-likeness (QED) is 0.900. The minimum atomic E-state index is -0.925. The van der Waals surface area contributed by atoms with Crippen molar-refractivity contribution in [2.45, 2.75) is 12.3 Å². The molecule has 4 heteroatoms. The van der Waals surface area contributed by atoms with E-state index in [1.807, 2.05) is 6.07 Å². The molecule has 1 N–H and O–H groups in total. The Bertz CT molecular complexity index is 525. The summed E-state index contributed by atoms with van der Waals surface area (Å²) in [5.41, 5.74) is 1.43. The monoisotopic (exact) mass is 245 g/mol. The Morgan fingerprint density at radius 2 is 2.00 bits per heavy atom. The number of rotatable bonds is 4. The summed E-state index contributed by atoms with van der Waals surface area (Å²) in [7, 11) is 0. The fourth-order valence-electron chi connectivity index (χ4n) is 1.80. The number of pyridine rings is 1. The van der Waals surface area contributed by atoms with Crippen molar-refractivity contribution in [2.75, 3.05) is 0 Å². The average molecular weight is 245 g/mol. The van der Waals surface area contributed by atoms with Gasteiger partial charge in [-0.15, -0.1) is 0 Å². The van der Waals surface area contributed by atoms with Gasteiger partial charge in [0.25, 0.3) is 0 Å². The van der Waals surface area contributed by atoms with E-state index < -0.39 is 11.9 Å². The van der Waals surface area contributed by atoms with Crippen molar-refractivity contribution in [3.63, 3.8) is 0 Å². The smallest absolute Gasteiger partial charge is 0.311 e. The van der Waals surface area contributed by atoms with Gasteiger partial charge < -0.3 is 5.11 Å². The highest BCUT2D eigenvalue weighted by Gasteiger charge is 2.20. The molecule has 0 fully saturated rings. The second-order valence-electron chi connectivity index (χ2n) is 4.01. The van der Waals surface area contributed by atoms with Gasteiger partial charge in [0.1, 0.15) is 5.82 Å². The van der Waals surface area contributed by atoms with Crippen molar-refractivity contribution < 1.29 is 14.3 Å². The second kappa shape index (κ2) is 5.40. The molecule has 0 aliphatic carbocycles. The van der Waals surface area contributed by atoms with E-state index in [1.165, 1.54) is 24.3 Å². The van der Waals surface area contributed by atoms with Crippen molar-refractivity contribution in [1.82, 2.24) is 4.98 Å². The number of nitrogens with zero attached hydrogens (tertiary/aromatic N) is 1. The Morgan fingerprint density at radius 3 is 2.56 bits per heavy atom. The van der Waals surface area contributed by atoms with E-state index in [0.29, 0.717) is 12.0 Å². The van der Waals surface area contributed by atoms with Gasteiger partial charge in [0.2, 0.25) is 0 Å². The van der Waals surface area contributed by atoms with Gasteiger partial charge in [-0.2, -0.15) is 0 Å². The summed E-state index contributed by atoms with van der Waals surface area (Å²) in [5.74, 6) is -1.98. The number of carbonyl (C=O) groups is 1. The van der Waals surface area contributed by atoms with E-state index in [4.69, 9.17) is 0 Å². The lowest BCUT2D eigenvalue weighted by Crippen LogP contribution is -2.14. The van der Waals surface area contributed by atoms with Crippen LogP contribution in [0.2, 0.25) is 0 Å². The molecular formula is C14H12FNO2. The first-order valence-electron chi connectivity index (χ1n) is 5.54. The highest BCUT2D eigenvalue weighted by atomic mass is 19.1. The van der Waals surface area contributed by atoms with E-state index in [1.54, 1.807) is 18.5 Å². The zero-order valence-corrected chi connectivity index (χ0v) is 9.58. The van der Waals surface area contributed by atoms with Crippen LogP contribution >= 0.6 is 0 Å². The highest BCUT2D eigenvalue weighted by Crippen LogP contribution is 2.21. The van der Waals surface area contributed by atoms with E-state index in [0.717, 1.165) is 5.56 Å². The van der Waals surface area contributed by atoms with Crippen LogP contribution < -0.4 is 0 Å². The third-order valence-corrected chi connectivity index (χ3v) is 2.73. The van der Waals surface area contributed by atoms with Crippen LogP contribution in [0, 0.1) is 5.82 Å². The molecule has 2 rings (SSSR count). The lowest BCUT2D eigenvalue weighted by atomic mass is 9.93. The average Bonchev–Trinajstić information content (AvgIpc) is 2.38. The first kappa shape index (κ1) is 12.2. The van der Waals surface area contributed by atoms with Crippen molar-refractivity contribution in [3.05, 3.63) is 65.7 Å². The van der Waals surface area contributed by atoms with Crippen LogP contribution in [0.15, 0.2) is 48.8 Å². The van der Waals surface area contributed by atoms with Gasteiger partial charge in [-0.1, -0.05) is 18.2 Å². The van der Waals surface area contributed by atoms with Crippen molar-refractivity contribution in [1.29, 1.82) is 0 Å². The first-order chi connectivity index (χ1) is 8.66. The number of aliphatic carboxylic acids is 1. The third kappa shape index (κ3) is 2.91. The van der Waals surface area contributed by atoms with Crippen molar-refractivity contribution in [2.24, 2.45) is 0 Å². The molecule has 0 saturated carbocycles. The maximum atomic E-state index is 12.8. The lowest BCUT2D eigenvalue weighted by Gasteiger charge is -2.12. The Kier molecular flexibility index (Phi) is 3.67. The molecule has 1 atom stereocenters. The van der Waals surface area contributed by atoms with Crippen LogP contribution in [0.3, 0.4) is 0 Å². The molecular weight excluding hydrogens is 233 g/mol. The molecule has 0 bridgehead atoms. The summed E-state index contributed by atoms with van der Waals surface area (Å²) in [6.07, 6.45) is 3.62. The molecule has 0 amide bonds. The van der Waals surface area contributed by atoms with Gasteiger partial charge in [-0.3, -0.25) is 9.78 Å². The predicted octanol–water partition coefficient (Wildman–Crippen LogP) is 2.63. The molecule has 1 aromatic heterocycles. The van der Waals surface area contributed by atoms with Crippen LogP contribution in [-0.2, 0) is 11.2 Å². The number of benzene rings is 1. The standard InChI is InChI=1S/C14H12FNO2/c15-12-5-3-11(4-6-12)13(14(17)18)8-10-2-1-7-16-9-10/h1-7,9,13H,8H2,(H,17,18)/t13-/m0/s1. The van der Waals surface area contributed by atoms with Gasteiger partial charge in [0.05, 0.1) is 5.92 Å². The van der Waals surface area contributed by atoms with Crippen LogP contribution in [0.1, 0.15) is 17.0 Å². The van der Waals surface area contributed by atoms with E-state index in [2.05, 4.69) is 4.98 Å². The van der Waals surface area contributed by atoms with Crippen molar-refractivity contribution in [3.8, 4) is 0 Å². The van der Waals surface area contributed by atoms with Gasteiger partial charge in [-0.25, -0.2) is 4.39 Å². The van der Waals surface area contributed by atoms with Crippen LogP contribution in [-0.4, -0.2) is 16.1 Å². The van der Waals surface area contributed by atoms with Gasteiger partial charge in [-0.05, 0) is 35.7 Å². The Balaban J connectivity index is 2.24. The maximum Gasteiger partial charge on any atom is 0.311 e. The summed E-state index contributed by atoms with van der Waals surface area (Å²) in [5, 5.41) is 9.24. The normalized spacial score (nSPS) is 12.1. The number of aromatic nitrogens is 1. The number of carboxylic acid groups (broad SMARTS) is 1. The molecule has 3 nitrogen and oxygen atoms in total. The third-order valence-electron chi connectivity index (χ3n) is 2.73. The maximum absolute atomic E-state index is 12.8. The molecule has 0 aliphatic heterocycles. The summed E-state index contributed by atoms with van der Waals surface area (Å²) in [6.45, 7) is 0. The van der Waals surface area contributed by atoms with Gasteiger partial charge in [0, 0.05) is 12.4 Å². The number of hydrogen-bond acceptors (Lipinski definition) is 2. The van der Waals surface area contributed by atoms with Crippen LogP contribution in [0.25, 0.3) is 0 Å². The minimum absolute atomic E-state index is 0.342. The topological polar surface area (TPSA) is 50.2 Å². The zero-order chi connectivity index (χ0) is 13.0. The molecule has 1 heterocycles. The summed E-state index contributed by atoms with van der Waals surface area (Å²) in [6, 6.07) is 9.14. The fourth-order valence-corrected chi connectivity index (χ4v) is 1.80. The molecule has 92 valence electrons. The molecule has 0 unspecified atom stereocenters. The second-order valence-corrected chi connectivity index (χ2v) is 4.01. The molecule has 0 aliphatic rings. The molecule has 2 aromatic rings. The van der Waals surface area contributed by atoms with E-state index in [9.17, 15) is 14.3 Å². The first-order valence-corrected chi connectivity index (χ1v) is 5.54. The van der Waals surface area contributed by atoms with E-state index in [-0.39, 0.29) is 5.82 Å². The summed E-state index contributed by atoms with van der Waals surface area (Å²) >= 11 is 0. The van der Waals surface area contributed by atoms with Crippen LogP contribution in [0.4, 0.5) is 4.39 Å². The van der Waals surface area contributed by atoms with Gasteiger partial charge >= 0.3 is 5.97 Å². The number of halogens is 1. The minimum Gasteiger partial charge on any atom is -0.481 e. The number of carboxylic acids is 1. The van der Waals surface area contributed by atoms with Crippen molar-refractivity contribution >= 4 is 5.97 Å². The Hall–Kier alpha value is -2.23. The summed E-state index contributed by atoms with van der Waals surface area (Å²) in [4.78, 5) is 15.2. The predicted molar refractivity (Wildman–Crippen MR) is 64.7 cm³/mol. The van der Waals surface area contributed by atoms with Gasteiger partial charge in [0.15, 0.2) is 0 Å². The number of hydrogen-bond donors (Lipinski definition) is 1. The lowest BCUT2D eigenvalue weighted by molar-refractivity contribution is -0.138. The fraction of sp³-hybridized carbons (Fsp3) is 0.143. The summed E-state index contributed by atoms with van der Waals surface area (Å²) < 4.78 is 12.8. The molecule has 0 saturated heterocycles. The SMILES string of the molecule is O=C(O)[C@@H](Cc1cccnc1)c1ccc(F)cc1. The molecule has 0 spiro atoms. The van der Waals surface area contributed by atoms with Crippen LogP contribution in [0.5, 0.6) is 0 Å². The molecule has 1 aromatic carbocycles.